The minimum absolute atomic E-state index is 0.0604. The molecule has 7 heteroatoms. The molecule has 0 amide bonds. The van der Waals surface area contributed by atoms with Gasteiger partial charge < -0.3 is 0 Å². The zero-order valence-corrected chi connectivity index (χ0v) is 8.75. The van der Waals surface area contributed by atoms with Crippen LogP contribution in [0.1, 0.15) is 5.69 Å². The van der Waals surface area contributed by atoms with Gasteiger partial charge in [-0.1, -0.05) is 0 Å². The van der Waals surface area contributed by atoms with Gasteiger partial charge in [0.15, 0.2) is 5.65 Å². The van der Waals surface area contributed by atoms with E-state index in [-0.39, 0.29) is 4.90 Å². The molecule has 0 aliphatic carbocycles. The summed E-state index contributed by atoms with van der Waals surface area (Å²) in [5, 5.41) is 4.02. The first-order chi connectivity index (χ1) is 6.47. The van der Waals surface area contributed by atoms with Gasteiger partial charge in [-0.3, -0.25) is 0 Å². The fourth-order valence-corrected chi connectivity index (χ4v) is 1.75. The van der Waals surface area contributed by atoms with E-state index in [2.05, 4.69) is 10.1 Å². The summed E-state index contributed by atoms with van der Waals surface area (Å²) in [6, 6.07) is 1.74. The van der Waals surface area contributed by atoms with Crippen molar-refractivity contribution in [2.24, 2.45) is 0 Å². The lowest BCUT2D eigenvalue weighted by Gasteiger charge is -1.95. The lowest BCUT2D eigenvalue weighted by Crippen LogP contribution is -1.97. The molecule has 2 heterocycles. The van der Waals surface area contributed by atoms with E-state index in [1.807, 2.05) is 0 Å². The van der Waals surface area contributed by atoms with Crippen molar-refractivity contribution >= 4 is 25.4 Å². The summed E-state index contributed by atoms with van der Waals surface area (Å²) < 4.78 is 23.3. The number of aryl methyl sites for hydroxylation is 1. The number of rotatable bonds is 1. The first kappa shape index (κ1) is 9.42. The third-order valence-electron chi connectivity index (χ3n) is 1.69. The van der Waals surface area contributed by atoms with Crippen LogP contribution in [-0.4, -0.2) is 23.0 Å². The third kappa shape index (κ3) is 1.58. The van der Waals surface area contributed by atoms with E-state index in [1.54, 1.807) is 13.0 Å². The molecule has 0 radical (unpaired) electrons. The monoisotopic (exact) mass is 231 g/mol. The Morgan fingerprint density at radius 2 is 2.21 bits per heavy atom. The van der Waals surface area contributed by atoms with Crippen molar-refractivity contribution in [3.05, 3.63) is 24.2 Å². The van der Waals surface area contributed by atoms with Crippen molar-refractivity contribution in [2.75, 3.05) is 0 Å². The van der Waals surface area contributed by atoms with Crippen LogP contribution in [-0.2, 0) is 9.05 Å². The van der Waals surface area contributed by atoms with Gasteiger partial charge in [-0.25, -0.2) is 17.9 Å². The molecule has 0 atom stereocenters. The Morgan fingerprint density at radius 1 is 1.50 bits per heavy atom. The van der Waals surface area contributed by atoms with E-state index in [9.17, 15) is 8.42 Å². The van der Waals surface area contributed by atoms with Crippen molar-refractivity contribution in [3.63, 3.8) is 0 Å². The van der Waals surface area contributed by atoms with Gasteiger partial charge in [0.25, 0.3) is 9.05 Å². The van der Waals surface area contributed by atoms with Gasteiger partial charge in [0.05, 0.1) is 18.1 Å². The molecule has 2 rings (SSSR count). The van der Waals surface area contributed by atoms with Crippen LogP contribution in [0.15, 0.2) is 23.4 Å². The van der Waals surface area contributed by atoms with Gasteiger partial charge >= 0.3 is 0 Å². The van der Waals surface area contributed by atoms with E-state index >= 15 is 0 Å². The van der Waals surface area contributed by atoms with Gasteiger partial charge in [0, 0.05) is 16.7 Å². The summed E-state index contributed by atoms with van der Waals surface area (Å²) >= 11 is 0. The molecular formula is C7H6ClN3O2S. The summed E-state index contributed by atoms with van der Waals surface area (Å²) in [5.74, 6) is 0. The predicted octanol–water partition coefficient (Wildman–Crippen LogP) is 0.965. The SMILES string of the molecule is Cc1cc2ncc(S(=O)(=O)Cl)cn2n1. The zero-order valence-electron chi connectivity index (χ0n) is 7.18. The maximum atomic E-state index is 11.0. The lowest BCUT2D eigenvalue weighted by atomic mass is 10.5. The van der Waals surface area contributed by atoms with Gasteiger partial charge in [-0.05, 0) is 6.92 Å². The minimum atomic E-state index is -3.74. The molecular weight excluding hydrogens is 226 g/mol. The van der Waals surface area contributed by atoms with Gasteiger partial charge in [-0.2, -0.15) is 5.10 Å². The molecule has 0 saturated heterocycles. The van der Waals surface area contributed by atoms with Crippen molar-refractivity contribution in [1.82, 2.24) is 14.6 Å². The summed E-state index contributed by atoms with van der Waals surface area (Å²) in [7, 11) is 1.42. The van der Waals surface area contributed by atoms with Crippen LogP contribution in [0.3, 0.4) is 0 Å². The standard InChI is InChI=1S/C7H6ClN3O2S/c1-5-2-7-9-3-6(14(8,12)13)4-11(7)10-5/h2-4H,1H3. The second-order valence-corrected chi connectivity index (χ2v) is 5.38. The molecule has 74 valence electrons. The van der Waals surface area contributed by atoms with E-state index in [4.69, 9.17) is 10.7 Å². The highest BCUT2D eigenvalue weighted by atomic mass is 35.7. The average Bonchev–Trinajstić information content (AvgIpc) is 2.41. The quantitative estimate of drug-likeness (QED) is 0.686. The highest BCUT2D eigenvalue weighted by Crippen LogP contribution is 2.13. The van der Waals surface area contributed by atoms with Crippen molar-refractivity contribution in [1.29, 1.82) is 0 Å². The van der Waals surface area contributed by atoms with Crippen LogP contribution in [0.4, 0.5) is 0 Å². The molecule has 0 aliphatic heterocycles. The number of nitrogens with zero attached hydrogens (tertiary/aromatic N) is 3. The smallest absolute Gasteiger partial charge is 0.236 e. The lowest BCUT2D eigenvalue weighted by molar-refractivity contribution is 0.608. The summed E-state index contributed by atoms with van der Waals surface area (Å²) in [6.07, 6.45) is 2.54. The van der Waals surface area contributed by atoms with E-state index in [0.29, 0.717) is 5.65 Å². The predicted molar refractivity (Wildman–Crippen MR) is 50.8 cm³/mol. The first-order valence-electron chi connectivity index (χ1n) is 3.73. The highest BCUT2D eigenvalue weighted by molar-refractivity contribution is 8.13. The van der Waals surface area contributed by atoms with Crippen LogP contribution in [0.5, 0.6) is 0 Å². The van der Waals surface area contributed by atoms with Crippen molar-refractivity contribution in [2.45, 2.75) is 11.8 Å². The number of hydrogen-bond donors (Lipinski definition) is 0. The van der Waals surface area contributed by atoms with E-state index in [0.717, 1.165) is 5.69 Å². The minimum Gasteiger partial charge on any atom is -0.236 e. The van der Waals surface area contributed by atoms with Crippen LogP contribution in [0.25, 0.3) is 5.65 Å². The number of fused-ring (bicyclic) bond motifs is 1. The average molecular weight is 232 g/mol. The van der Waals surface area contributed by atoms with E-state index in [1.165, 1.54) is 16.9 Å². The molecule has 0 bridgehead atoms. The Kier molecular flexibility index (Phi) is 1.97. The normalized spacial score (nSPS) is 12.1. The summed E-state index contributed by atoms with van der Waals surface area (Å²) in [6.45, 7) is 1.80. The molecule has 5 nitrogen and oxygen atoms in total. The Balaban J connectivity index is 2.74. The number of aromatic nitrogens is 3. The van der Waals surface area contributed by atoms with Crippen molar-refractivity contribution in [3.8, 4) is 0 Å². The Labute approximate surface area is 84.8 Å². The Bertz CT molecular complexity index is 590. The van der Waals surface area contributed by atoms with Gasteiger partial charge in [0.1, 0.15) is 4.90 Å². The summed E-state index contributed by atoms with van der Waals surface area (Å²) in [4.78, 5) is 3.84. The first-order valence-corrected chi connectivity index (χ1v) is 6.04. The fourth-order valence-electron chi connectivity index (χ4n) is 1.10. The molecule has 0 unspecified atom stereocenters. The molecule has 0 fully saturated rings. The molecule has 0 spiro atoms. The largest absolute Gasteiger partial charge is 0.264 e. The second-order valence-electron chi connectivity index (χ2n) is 2.82. The Morgan fingerprint density at radius 3 is 2.86 bits per heavy atom. The van der Waals surface area contributed by atoms with Crippen LogP contribution in [0, 0.1) is 6.92 Å². The molecule has 0 saturated carbocycles. The Hall–Kier alpha value is -1.14. The number of halogens is 1. The fraction of sp³-hybridized carbons (Fsp3) is 0.143. The molecule has 2 aromatic rings. The topological polar surface area (TPSA) is 64.3 Å². The highest BCUT2D eigenvalue weighted by Gasteiger charge is 2.11. The molecule has 2 aromatic heterocycles. The molecule has 14 heavy (non-hydrogen) atoms. The molecule has 0 aliphatic rings. The van der Waals surface area contributed by atoms with E-state index < -0.39 is 9.05 Å². The second kappa shape index (κ2) is 2.93. The zero-order chi connectivity index (χ0) is 10.3. The van der Waals surface area contributed by atoms with Gasteiger partial charge in [0.2, 0.25) is 0 Å². The number of hydrogen-bond acceptors (Lipinski definition) is 4. The molecule has 0 N–H and O–H groups in total. The van der Waals surface area contributed by atoms with Crippen LogP contribution < -0.4 is 0 Å². The van der Waals surface area contributed by atoms with Crippen molar-refractivity contribution < 1.29 is 8.42 Å². The van der Waals surface area contributed by atoms with Crippen LogP contribution in [0.2, 0.25) is 0 Å². The summed E-state index contributed by atoms with van der Waals surface area (Å²) in [5.41, 5.74) is 1.35. The maximum absolute atomic E-state index is 11.0. The maximum Gasteiger partial charge on any atom is 0.264 e. The molecule has 0 aromatic carbocycles. The van der Waals surface area contributed by atoms with Crippen LogP contribution >= 0.6 is 10.7 Å². The van der Waals surface area contributed by atoms with Gasteiger partial charge in [-0.15, -0.1) is 0 Å². The third-order valence-corrected chi connectivity index (χ3v) is 3.00.